The first kappa shape index (κ1) is 16.1. The summed E-state index contributed by atoms with van der Waals surface area (Å²) < 4.78 is 5.75. The Morgan fingerprint density at radius 3 is 2.81 bits per heavy atom. The lowest BCUT2D eigenvalue weighted by Crippen LogP contribution is -2.56. The van der Waals surface area contributed by atoms with E-state index in [2.05, 4.69) is 23.2 Å². The number of carbonyl (C=O) groups is 1. The Bertz CT molecular complexity index is 998. The molecule has 1 aliphatic rings. The van der Waals surface area contributed by atoms with Crippen LogP contribution in [0.2, 0.25) is 0 Å². The summed E-state index contributed by atoms with van der Waals surface area (Å²) in [5.74, 6) is 0.420. The van der Waals surface area contributed by atoms with Crippen molar-refractivity contribution in [1.82, 2.24) is 9.88 Å². The molecule has 0 N–H and O–H groups in total. The second kappa shape index (κ2) is 6.85. The number of nitriles is 1. The Morgan fingerprint density at radius 2 is 1.96 bits per heavy atom. The molecule has 0 atom stereocenters. The number of fused-ring (bicyclic) bond motifs is 1. The number of likely N-dealkylation sites (tertiary alicyclic amines) is 1. The number of nitrogens with zero attached hydrogens (tertiary/aromatic N) is 3. The fourth-order valence-corrected chi connectivity index (χ4v) is 3.17. The van der Waals surface area contributed by atoms with Gasteiger partial charge in [0.15, 0.2) is 0 Å². The van der Waals surface area contributed by atoms with Gasteiger partial charge in [0, 0.05) is 6.20 Å². The molecule has 1 aromatic heterocycles. The number of hydrogen-bond acceptors (Lipinski definition) is 4. The first-order chi connectivity index (χ1) is 12.7. The smallest absolute Gasteiger partial charge is 0.232 e. The lowest BCUT2D eigenvalue weighted by Gasteiger charge is -2.38. The molecule has 1 aliphatic heterocycles. The average molecular weight is 343 g/mol. The fraction of sp³-hybridized carbons (Fsp3) is 0.190. The first-order valence-corrected chi connectivity index (χ1v) is 8.51. The molecule has 5 nitrogen and oxygen atoms in total. The molecule has 0 aliphatic carbocycles. The SMILES string of the molecule is N#Cc1cccnc1OC1CN(C(=O)Cc2cccc3ccccc23)C1. The summed E-state index contributed by atoms with van der Waals surface area (Å²) in [7, 11) is 0. The number of benzene rings is 2. The van der Waals surface area contributed by atoms with Crippen LogP contribution in [0.5, 0.6) is 5.88 Å². The predicted octanol–water partition coefficient (Wildman–Crippen LogP) is 2.94. The number of carbonyl (C=O) groups excluding carboxylic acids is 1. The quantitative estimate of drug-likeness (QED) is 0.730. The largest absolute Gasteiger partial charge is 0.470 e. The molecular formula is C21H17N3O2. The van der Waals surface area contributed by atoms with Gasteiger partial charge in [-0.25, -0.2) is 4.98 Å². The van der Waals surface area contributed by atoms with Crippen LogP contribution in [-0.2, 0) is 11.2 Å². The van der Waals surface area contributed by atoms with Crippen molar-refractivity contribution in [2.24, 2.45) is 0 Å². The maximum atomic E-state index is 12.6. The second-order valence-electron chi connectivity index (χ2n) is 6.32. The number of amides is 1. The molecule has 0 unspecified atom stereocenters. The van der Waals surface area contributed by atoms with E-state index in [1.54, 1.807) is 23.2 Å². The lowest BCUT2D eigenvalue weighted by molar-refractivity contribution is -0.139. The molecule has 3 aromatic rings. The Balaban J connectivity index is 1.38. The summed E-state index contributed by atoms with van der Waals surface area (Å²) in [6.07, 6.45) is 1.85. The van der Waals surface area contributed by atoms with Crippen molar-refractivity contribution in [3.05, 3.63) is 71.9 Å². The number of aromatic nitrogens is 1. The van der Waals surface area contributed by atoms with E-state index in [1.165, 1.54) is 0 Å². The van der Waals surface area contributed by atoms with Crippen LogP contribution in [0.4, 0.5) is 0 Å². The van der Waals surface area contributed by atoms with Crippen LogP contribution in [0.25, 0.3) is 10.8 Å². The maximum absolute atomic E-state index is 12.6. The Morgan fingerprint density at radius 1 is 1.15 bits per heavy atom. The predicted molar refractivity (Wildman–Crippen MR) is 97.6 cm³/mol. The van der Waals surface area contributed by atoms with E-state index < -0.39 is 0 Å². The van der Waals surface area contributed by atoms with Crippen molar-refractivity contribution < 1.29 is 9.53 Å². The summed E-state index contributed by atoms with van der Waals surface area (Å²) in [5, 5.41) is 11.3. The first-order valence-electron chi connectivity index (χ1n) is 8.51. The van der Waals surface area contributed by atoms with Crippen molar-refractivity contribution in [3.63, 3.8) is 0 Å². The van der Waals surface area contributed by atoms with Gasteiger partial charge in [0.1, 0.15) is 17.7 Å². The Kier molecular flexibility index (Phi) is 4.24. The molecule has 4 rings (SSSR count). The van der Waals surface area contributed by atoms with E-state index in [-0.39, 0.29) is 12.0 Å². The van der Waals surface area contributed by atoms with Gasteiger partial charge in [0.25, 0.3) is 0 Å². The van der Waals surface area contributed by atoms with Gasteiger partial charge in [-0.15, -0.1) is 0 Å². The van der Waals surface area contributed by atoms with Crippen molar-refractivity contribution in [3.8, 4) is 11.9 Å². The van der Waals surface area contributed by atoms with Gasteiger partial charge in [-0.2, -0.15) is 5.26 Å². The van der Waals surface area contributed by atoms with Crippen molar-refractivity contribution in [2.45, 2.75) is 12.5 Å². The van der Waals surface area contributed by atoms with Gasteiger partial charge in [-0.1, -0.05) is 42.5 Å². The maximum Gasteiger partial charge on any atom is 0.232 e. The van der Waals surface area contributed by atoms with Gasteiger partial charge in [0.05, 0.1) is 19.5 Å². The van der Waals surface area contributed by atoms with Crippen LogP contribution in [0.1, 0.15) is 11.1 Å². The third kappa shape index (κ3) is 3.09. The monoisotopic (exact) mass is 343 g/mol. The number of ether oxygens (including phenoxy) is 1. The van der Waals surface area contributed by atoms with Crippen molar-refractivity contribution in [2.75, 3.05) is 13.1 Å². The molecular weight excluding hydrogens is 326 g/mol. The zero-order chi connectivity index (χ0) is 17.9. The minimum Gasteiger partial charge on any atom is -0.470 e. The highest BCUT2D eigenvalue weighted by Crippen LogP contribution is 2.22. The lowest BCUT2D eigenvalue weighted by atomic mass is 10.0. The zero-order valence-electron chi connectivity index (χ0n) is 14.1. The summed E-state index contributed by atoms with van der Waals surface area (Å²) in [6.45, 7) is 1.04. The standard InChI is InChI=1S/C21H17N3O2/c22-12-17-8-4-10-23-21(17)26-18-13-24(14-18)20(25)11-16-7-3-6-15-5-1-2-9-19(15)16/h1-10,18H,11,13-14H2. The zero-order valence-corrected chi connectivity index (χ0v) is 14.1. The van der Waals surface area contributed by atoms with E-state index in [0.717, 1.165) is 16.3 Å². The number of rotatable bonds is 4. The molecule has 128 valence electrons. The van der Waals surface area contributed by atoms with E-state index in [9.17, 15) is 4.79 Å². The van der Waals surface area contributed by atoms with Gasteiger partial charge < -0.3 is 9.64 Å². The summed E-state index contributed by atoms with van der Waals surface area (Å²) in [5.41, 5.74) is 1.45. The highest BCUT2D eigenvalue weighted by molar-refractivity contribution is 5.90. The van der Waals surface area contributed by atoms with E-state index in [4.69, 9.17) is 10.00 Å². The number of hydrogen-bond donors (Lipinski definition) is 0. The molecule has 1 saturated heterocycles. The van der Waals surface area contributed by atoms with Gasteiger partial charge in [0.2, 0.25) is 11.8 Å². The molecule has 0 radical (unpaired) electrons. The van der Waals surface area contributed by atoms with Gasteiger partial charge in [-0.05, 0) is 28.5 Å². The summed E-state index contributed by atoms with van der Waals surface area (Å²) in [6, 6.07) is 19.6. The molecule has 0 bridgehead atoms. The highest BCUT2D eigenvalue weighted by atomic mass is 16.5. The Labute approximate surface area is 151 Å². The third-order valence-corrected chi connectivity index (χ3v) is 4.59. The molecule has 0 saturated carbocycles. The van der Waals surface area contributed by atoms with E-state index in [1.807, 2.05) is 30.3 Å². The van der Waals surface area contributed by atoms with E-state index >= 15 is 0 Å². The molecule has 26 heavy (non-hydrogen) atoms. The number of pyridine rings is 1. The minimum absolute atomic E-state index is 0.0859. The van der Waals surface area contributed by atoms with Crippen LogP contribution in [0.15, 0.2) is 60.8 Å². The van der Waals surface area contributed by atoms with Crippen LogP contribution in [0, 0.1) is 11.3 Å². The summed E-state index contributed by atoms with van der Waals surface area (Å²) >= 11 is 0. The third-order valence-electron chi connectivity index (χ3n) is 4.59. The molecule has 0 spiro atoms. The van der Waals surface area contributed by atoms with E-state index in [0.29, 0.717) is 31.0 Å². The molecule has 2 heterocycles. The van der Waals surface area contributed by atoms with Gasteiger partial charge in [-0.3, -0.25) is 4.79 Å². The van der Waals surface area contributed by atoms with Crippen molar-refractivity contribution >= 4 is 16.7 Å². The second-order valence-corrected chi connectivity index (χ2v) is 6.32. The fourth-order valence-electron chi connectivity index (χ4n) is 3.17. The van der Waals surface area contributed by atoms with Crippen LogP contribution < -0.4 is 4.74 Å². The van der Waals surface area contributed by atoms with Crippen molar-refractivity contribution in [1.29, 1.82) is 5.26 Å². The highest BCUT2D eigenvalue weighted by Gasteiger charge is 2.33. The minimum atomic E-state index is -0.117. The van der Waals surface area contributed by atoms with Crippen LogP contribution in [0.3, 0.4) is 0 Å². The Hall–Kier alpha value is -3.39. The van der Waals surface area contributed by atoms with Crippen LogP contribution in [-0.4, -0.2) is 35.0 Å². The molecule has 1 amide bonds. The molecule has 2 aromatic carbocycles. The summed E-state index contributed by atoms with van der Waals surface area (Å²) in [4.78, 5) is 18.4. The normalized spacial score (nSPS) is 13.9. The van der Waals surface area contributed by atoms with Crippen LogP contribution >= 0.6 is 0 Å². The topological polar surface area (TPSA) is 66.2 Å². The average Bonchev–Trinajstić information content (AvgIpc) is 2.65. The molecule has 5 heteroatoms. The van der Waals surface area contributed by atoms with Gasteiger partial charge >= 0.3 is 0 Å². The molecule has 1 fully saturated rings.